The van der Waals surface area contributed by atoms with Crippen molar-refractivity contribution in [3.63, 3.8) is 0 Å². The molecule has 0 aliphatic carbocycles. The lowest BCUT2D eigenvalue weighted by molar-refractivity contribution is -0.136. The van der Waals surface area contributed by atoms with E-state index in [2.05, 4.69) is 23.7 Å². The highest BCUT2D eigenvalue weighted by atomic mass is 35.5. The molecule has 2 aromatic rings. The number of aromatic nitrogens is 1. The summed E-state index contributed by atoms with van der Waals surface area (Å²) in [5, 5.41) is 0.766. The number of urea groups is 1. The van der Waals surface area contributed by atoms with Crippen LogP contribution >= 0.6 is 11.6 Å². The first-order chi connectivity index (χ1) is 15.9. The summed E-state index contributed by atoms with van der Waals surface area (Å²) in [6.45, 7) is 7.00. The number of pyridine rings is 1. The fourth-order valence-corrected chi connectivity index (χ4v) is 5.04. The van der Waals surface area contributed by atoms with Gasteiger partial charge in [0.05, 0.1) is 12.2 Å². The first-order valence-electron chi connectivity index (χ1n) is 11.6. The van der Waals surface area contributed by atoms with Crippen LogP contribution in [0.15, 0.2) is 59.8 Å². The van der Waals surface area contributed by atoms with Crippen molar-refractivity contribution in [2.45, 2.75) is 38.8 Å². The Hall–Kier alpha value is -2.70. The van der Waals surface area contributed by atoms with Gasteiger partial charge in [0, 0.05) is 37.4 Å². The number of likely N-dealkylation sites (tertiary alicyclic amines) is 1. The third-order valence-corrected chi connectivity index (χ3v) is 6.63. The Labute approximate surface area is 200 Å². The molecule has 2 fully saturated rings. The number of amides is 3. The third-order valence-electron chi connectivity index (χ3n) is 6.40. The van der Waals surface area contributed by atoms with Gasteiger partial charge in [-0.1, -0.05) is 61.8 Å². The van der Waals surface area contributed by atoms with Gasteiger partial charge in [0.15, 0.2) is 0 Å². The number of piperidine rings is 1. The lowest BCUT2D eigenvalue weighted by Gasteiger charge is -2.42. The van der Waals surface area contributed by atoms with Gasteiger partial charge in [0.25, 0.3) is 5.91 Å². The molecule has 1 aromatic heterocycles. The average molecular weight is 467 g/mol. The van der Waals surface area contributed by atoms with E-state index in [-0.39, 0.29) is 24.4 Å². The molecule has 2 aliphatic heterocycles. The Balaban J connectivity index is 1.48. The van der Waals surface area contributed by atoms with Crippen molar-refractivity contribution < 1.29 is 9.59 Å². The molecule has 6 nitrogen and oxygen atoms in total. The zero-order valence-corrected chi connectivity index (χ0v) is 20.0. The smallest absolute Gasteiger partial charge is 0.309 e. The molecule has 2 aliphatic rings. The fraction of sp³-hybridized carbons (Fsp3) is 0.423. The molecule has 0 radical (unpaired) electrons. The van der Waals surface area contributed by atoms with Crippen LogP contribution in [-0.2, 0) is 11.3 Å². The highest BCUT2D eigenvalue weighted by Gasteiger charge is 2.57. The maximum Gasteiger partial charge on any atom is 0.328 e. The van der Waals surface area contributed by atoms with Gasteiger partial charge >= 0.3 is 6.03 Å². The van der Waals surface area contributed by atoms with Crippen molar-refractivity contribution in [3.05, 3.63) is 71.0 Å². The summed E-state index contributed by atoms with van der Waals surface area (Å²) in [7, 11) is 0. The van der Waals surface area contributed by atoms with E-state index < -0.39 is 5.54 Å². The number of hydrogen-bond donors (Lipinski definition) is 0. The second-order valence-corrected chi connectivity index (χ2v) is 9.79. The highest BCUT2D eigenvalue weighted by Crippen LogP contribution is 2.38. The number of benzene rings is 1. The molecule has 0 atom stereocenters. The molecular weight excluding hydrogens is 436 g/mol. The van der Waals surface area contributed by atoms with Crippen LogP contribution in [0.25, 0.3) is 6.08 Å². The molecule has 174 valence electrons. The average Bonchev–Trinajstić information content (AvgIpc) is 2.98. The van der Waals surface area contributed by atoms with E-state index in [0.717, 1.165) is 16.3 Å². The summed E-state index contributed by atoms with van der Waals surface area (Å²) in [6.07, 6.45) is 4.89. The molecule has 1 aromatic carbocycles. The van der Waals surface area contributed by atoms with Gasteiger partial charge in [-0.2, -0.15) is 0 Å². The maximum atomic E-state index is 13.6. The van der Waals surface area contributed by atoms with Gasteiger partial charge in [-0.25, -0.2) is 4.79 Å². The lowest BCUT2D eigenvalue weighted by atomic mass is 9.85. The minimum absolute atomic E-state index is 0.0932. The summed E-state index contributed by atoms with van der Waals surface area (Å²) in [6, 6.07) is 15.4. The minimum atomic E-state index is -0.776. The molecule has 33 heavy (non-hydrogen) atoms. The second-order valence-electron chi connectivity index (χ2n) is 9.31. The number of hydrogen-bond acceptors (Lipinski definition) is 4. The number of carbonyl (C=O) groups excluding carboxylic acids is 2. The number of carbonyl (C=O) groups is 2. The fourth-order valence-electron chi connectivity index (χ4n) is 4.75. The summed E-state index contributed by atoms with van der Waals surface area (Å²) >= 11 is 6.54. The maximum absolute atomic E-state index is 13.6. The van der Waals surface area contributed by atoms with E-state index in [1.54, 1.807) is 6.20 Å². The molecule has 0 bridgehead atoms. The summed E-state index contributed by atoms with van der Waals surface area (Å²) in [5.74, 6) is 0.180. The van der Waals surface area contributed by atoms with E-state index in [1.165, 1.54) is 4.90 Å². The monoisotopic (exact) mass is 466 g/mol. The van der Waals surface area contributed by atoms with Crippen LogP contribution < -0.4 is 0 Å². The van der Waals surface area contributed by atoms with E-state index in [0.29, 0.717) is 39.0 Å². The Morgan fingerprint density at radius 1 is 1.09 bits per heavy atom. The number of halogens is 1. The van der Waals surface area contributed by atoms with Crippen LogP contribution in [0.5, 0.6) is 0 Å². The Morgan fingerprint density at radius 2 is 1.79 bits per heavy atom. The first kappa shape index (κ1) is 23.5. The van der Waals surface area contributed by atoms with E-state index in [1.807, 2.05) is 59.5 Å². The largest absolute Gasteiger partial charge is 0.328 e. The molecule has 2 saturated heterocycles. The van der Waals surface area contributed by atoms with Gasteiger partial charge in [0.2, 0.25) is 0 Å². The molecular formula is C26H31ClN4O2. The van der Waals surface area contributed by atoms with Gasteiger partial charge < -0.3 is 4.90 Å². The van der Waals surface area contributed by atoms with E-state index in [4.69, 9.17) is 11.6 Å². The van der Waals surface area contributed by atoms with Crippen LogP contribution in [0.2, 0.25) is 0 Å². The highest BCUT2D eigenvalue weighted by molar-refractivity contribution is 6.31. The molecule has 3 amide bonds. The summed E-state index contributed by atoms with van der Waals surface area (Å²) in [4.78, 5) is 36.8. The second kappa shape index (κ2) is 10.1. The van der Waals surface area contributed by atoms with Gasteiger partial charge in [-0.3, -0.25) is 19.6 Å². The van der Waals surface area contributed by atoms with E-state index >= 15 is 0 Å². The zero-order chi connectivity index (χ0) is 23.4. The Bertz CT molecular complexity index is 1000. The van der Waals surface area contributed by atoms with Crippen molar-refractivity contribution in [3.8, 4) is 0 Å². The van der Waals surface area contributed by atoms with Crippen LogP contribution in [0.1, 0.15) is 37.9 Å². The lowest BCUT2D eigenvalue weighted by Crippen LogP contribution is -2.57. The molecule has 0 unspecified atom stereocenters. The Morgan fingerprint density at radius 3 is 2.42 bits per heavy atom. The molecule has 7 heteroatoms. The quantitative estimate of drug-likeness (QED) is 0.559. The molecule has 0 N–H and O–H groups in total. The summed E-state index contributed by atoms with van der Waals surface area (Å²) < 4.78 is 0. The molecule has 0 saturated carbocycles. The van der Waals surface area contributed by atoms with Crippen molar-refractivity contribution in [1.29, 1.82) is 0 Å². The number of nitrogens with zero attached hydrogens (tertiary/aromatic N) is 4. The van der Waals surface area contributed by atoms with Gasteiger partial charge in [0.1, 0.15) is 5.54 Å². The number of imide groups is 1. The predicted octanol–water partition coefficient (Wildman–Crippen LogP) is 4.62. The van der Waals surface area contributed by atoms with Crippen LogP contribution in [0, 0.1) is 5.92 Å². The van der Waals surface area contributed by atoms with Crippen molar-refractivity contribution in [2.75, 3.05) is 26.2 Å². The molecule has 3 heterocycles. The topological polar surface area (TPSA) is 56.8 Å². The molecule has 1 spiro atoms. The van der Waals surface area contributed by atoms with Crippen LogP contribution in [-0.4, -0.2) is 63.3 Å². The van der Waals surface area contributed by atoms with Gasteiger partial charge in [-0.05, 0) is 42.5 Å². The first-order valence-corrected chi connectivity index (χ1v) is 11.9. The van der Waals surface area contributed by atoms with E-state index in [9.17, 15) is 9.59 Å². The minimum Gasteiger partial charge on any atom is -0.309 e. The SMILES string of the molecule is CC(C)CN1C(=O)N(Cc2ccccn2)C(=O)C12CCN(CC(Cl)=Cc1ccccc1)CC2. The van der Waals surface area contributed by atoms with Crippen molar-refractivity contribution in [2.24, 2.45) is 5.92 Å². The normalized spacial score (nSPS) is 19.2. The van der Waals surface area contributed by atoms with Crippen molar-refractivity contribution >= 4 is 29.6 Å². The summed E-state index contributed by atoms with van der Waals surface area (Å²) in [5.41, 5.74) is 1.01. The third kappa shape index (κ3) is 5.12. The Kier molecular flexibility index (Phi) is 7.15. The zero-order valence-electron chi connectivity index (χ0n) is 19.3. The standard InChI is InChI=1S/C26H31ClN4O2/c1-20(2)17-31-25(33)30(19-23-10-6-7-13-28-23)24(32)26(31)11-14-29(15-12-26)18-22(27)16-21-8-4-3-5-9-21/h3-10,13,16,20H,11-12,14-15,17-19H2,1-2H3. The van der Waals surface area contributed by atoms with Crippen LogP contribution in [0.3, 0.4) is 0 Å². The molecule has 4 rings (SSSR count). The number of rotatable bonds is 7. The predicted molar refractivity (Wildman–Crippen MR) is 130 cm³/mol. The van der Waals surface area contributed by atoms with Gasteiger partial charge in [-0.15, -0.1) is 0 Å². The van der Waals surface area contributed by atoms with Crippen LogP contribution in [0.4, 0.5) is 4.79 Å². The van der Waals surface area contributed by atoms with Crippen molar-refractivity contribution in [1.82, 2.24) is 19.7 Å².